The quantitative estimate of drug-likeness (QED) is 0.882. The third-order valence-corrected chi connectivity index (χ3v) is 4.04. The molecule has 0 radical (unpaired) electrons. The number of carbonyl (C=O) groups is 1. The molecular weight excluding hydrogens is 288 g/mol. The molecule has 0 amide bonds. The minimum absolute atomic E-state index is 0.0862. The second-order valence-electron chi connectivity index (χ2n) is 4.82. The monoisotopic (exact) mass is 306 g/mol. The summed E-state index contributed by atoms with van der Waals surface area (Å²) in [7, 11) is 0. The van der Waals surface area contributed by atoms with Crippen LogP contribution in [-0.4, -0.2) is 37.0 Å². The number of rotatable bonds is 5. The number of aliphatic hydroxyl groups excluding tert-OH is 2. The Kier molecular flexibility index (Phi) is 5.17. The average Bonchev–Trinajstić information content (AvgIpc) is 2.94. The topological polar surface area (TPSA) is 75.3 Å². The number of thioether (sulfide) groups is 1. The lowest BCUT2D eigenvalue weighted by atomic mass is 10.1. The Labute approximate surface area is 127 Å². The van der Waals surface area contributed by atoms with Crippen LogP contribution in [0.25, 0.3) is 5.69 Å². The van der Waals surface area contributed by atoms with Gasteiger partial charge in [0.05, 0.1) is 18.0 Å². The predicted molar refractivity (Wildman–Crippen MR) is 82.4 cm³/mol. The van der Waals surface area contributed by atoms with Crippen LogP contribution in [0.2, 0.25) is 0 Å². The molecular formula is C15H18N2O3S. The highest BCUT2D eigenvalue weighted by Crippen LogP contribution is 2.21. The van der Waals surface area contributed by atoms with Gasteiger partial charge in [-0.2, -0.15) is 5.10 Å². The zero-order valence-corrected chi connectivity index (χ0v) is 12.7. The van der Waals surface area contributed by atoms with Crippen LogP contribution in [0, 0.1) is 6.92 Å². The van der Waals surface area contributed by atoms with Gasteiger partial charge < -0.3 is 10.2 Å². The minimum atomic E-state index is -1.06. The maximum atomic E-state index is 10.9. The molecule has 0 fully saturated rings. The van der Waals surface area contributed by atoms with Gasteiger partial charge >= 0.3 is 0 Å². The Hall–Kier alpha value is -1.63. The average molecular weight is 306 g/mol. The van der Waals surface area contributed by atoms with Crippen molar-refractivity contribution in [1.29, 1.82) is 0 Å². The van der Waals surface area contributed by atoms with Crippen LogP contribution in [-0.2, 0) is 4.79 Å². The first-order valence-corrected chi connectivity index (χ1v) is 7.57. The van der Waals surface area contributed by atoms with Gasteiger partial charge in [0.2, 0.25) is 0 Å². The predicted octanol–water partition coefficient (Wildman–Crippen LogP) is 1.85. The van der Waals surface area contributed by atoms with Crippen LogP contribution < -0.4 is 0 Å². The molecule has 1 aromatic heterocycles. The van der Waals surface area contributed by atoms with Crippen LogP contribution in [0.15, 0.2) is 36.7 Å². The molecule has 2 rings (SSSR count). The number of nitrogens with zero attached hydrogens (tertiary/aromatic N) is 2. The van der Waals surface area contributed by atoms with Crippen molar-refractivity contribution in [2.75, 3.05) is 5.75 Å². The van der Waals surface area contributed by atoms with Crippen LogP contribution >= 0.6 is 11.8 Å². The number of aliphatic hydroxyl groups is 2. The highest BCUT2D eigenvalue weighted by atomic mass is 32.2. The van der Waals surface area contributed by atoms with Gasteiger partial charge in [0.25, 0.3) is 0 Å². The summed E-state index contributed by atoms with van der Waals surface area (Å²) in [4.78, 5) is 10.9. The Morgan fingerprint density at radius 1 is 1.38 bits per heavy atom. The van der Waals surface area contributed by atoms with Gasteiger partial charge in [-0.25, -0.2) is 4.68 Å². The van der Waals surface area contributed by atoms with Gasteiger partial charge in [-0.3, -0.25) is 4.79 Å². The number of aryl methyl sites for hydroxylation is 1. The third-order valence-electron chi connectivity index (χ3n) is 3.13. The molecule has 0 aliphatic rings. The van der Waals surface area contributed by atoms with Crippen molar-refractivity contribution in [3.8, 4) is 5.69 Å². The Morgan fingerprint density at radius 3 is 2.76 bits per heavy atom. The Bertz CT molecular complexity index is 627. The number of carbonyl (C=O) groups excluding carboxylic acids is 1. The molecule has 2 aromatic rings. The highest BCUT2D eigenvalue weighted by Gasteiger charge is 2.21. The van der Waals surface area contributed by atoms with Crippen molar-refractivity contribution in [3.63, 3.8) is 0 Å². The number of hydrogen-bond donors (Lipinski definition) is 2. The number of hydrogen-bond acceptors (Lipinski definition) is 5. The van der Waals surface area contributed by atoms with E-state index in [0.717, 1.165) is 23.0 Å². The molecule has 5 nitrogen and oxygen atoms in total. The fraction of sp³-hybridized carbons (Fsp3) is 0.333. The van der Waals surface area contributed by atoms with Crippen molar-refractivity contribution in [1.82, 2.24) is 9.78 Å². The summed E-state index contributed by atoms with van der Waals surface area (Å²) >= 11 is 0.992. The zero-order valence-electron chi connectivity index (χ0n) is 11.9. The van der Waals surface area contributed by atoms with E-state index in [2.05, 4.69) is 5.10 Å². The maximum absolute atomic E-state index is 10.9. The molecule has 6 heteroatoms. The molecule has 0 bridgehead atoms. The van der Waals surface area contributed by atoms with Gasteiger partial charge in [-0.05, 0) is 18.6 Å². The van der Waals surface area contributed by atoms with E-state index in [1.165, 1.54) is 13.1 Å². The second kappa shape index (κ2) is 6.89. The molecule has 2 atom stereocenters. The van der Waals surface area contributed by atoms with E-state index in [-0.39, 0.29) is 10.9 Å². The van der Waals surface area contributed by atoms with Gasteiger partial charge in [0.15, 0.2) is 5.12 Å². The normalized spacial score (nSPS) is 13.9. The lowest BCUT2D eigenvalue weighted by Gasteiger charge is -2.15. The fourth-order valence-corrected chi connectivity index (χ4v) is 2.55. The van der Waals surface area contributed by atoms with Crippen LogP contribution in [0.3, 0.4) is 0 Å². The molecule has 0 spiro atoms. The molecule has 112 valence electrons. The van der Waals surface area contributed by atoms with E-state index in [1.807, 2.05) is 31.2 Å². The molecule has 21 heavy (non-hydrogen) atoms. The molecule has 0 aliphatic carbocycles. The van der Waals surface area contributed by atoms with Gasteiger partial charge in [-0.1, -0.05) is 30.0 Å². The summed E-state index contributed by atoms with van der Waals surface area (Å²) in [5.74, 6) is 0.159. The SMILES string of the molecule is CC(=O)SCC(O)C(O)c1cnn(-c2ccccc2C)c1. The molecule has 1 heterocycles. The maximum Gasteiger partial charge on any atom is 0.185 e. The van der Waals surface area contributed by atoms with E-state index < -0.39 is 12.2 Å². The third kappa shape index (κ3) is 3.93. The van der Waals surface area contributed by atoms with Crippen LogP contribution in [0.5, 0.6) is 0 Å². The smallest absolute Gasteiger partial charge is 0.185 e. The summed E-state index contributed by atoms with van der Waals surface area (Å²) in [5.41, 5.74) is 2.51. The van der Waals surface area contributed by atoms with Gasteiger partial charge in [0, 0.05) is 24.4 Å². The van der Waals surface area contributed by atoms with Crippen molar-refractivity contribution >= 4 is 16.9 Å². The fourth-order valence-electron chi connectivity index (χ4n) is 1.96. The molecule has 0 saturated carbocycles. The van der Waals surface area contributed by atoms with E-state index in [0.29, 0.717) is 5.56 Å². The molecule has 1 aromatic carbocycles. The molecule has 2 N–H and O–H groups in total. The highest BCUT2D eigenvalue weighted by molar-refractivity contribution is 8.13. The first kappa shape index (κ1) is 15.8. The van der Waals surface area contributed by atoms with Crippen molar-refractivity contribution in [3.05, 3.63) is 47.8 Å². The summed E-state index contributed by atoms with van der Waals surface area (Å²) in [5, 5.41) is 24.1. The van der Waals surface area contributed by atoms with E-state index in [9.17, 15) is 15.0 Å². The van der Waals surface area contributed by atoms with Crippen LogP contribution in [0.4, 0.5) is 0 Å². The number of para-hydroxylation sites is 1. The first-order chi connectivity index (χ1) is 9.99. The minimum Gasteiger partial charge on any atom is -0.389 e. The lowest BCUT2D eigenvalue weighted by Crippen LogP contribution is -2.21. The van der Waals surface area contributed by atoms with E-state index in [4.69, 9.17) is 0 Å². The van der Waals surface area contributed by atoms with E-state index >= 15 is 0 Å². The molecule has 0 aliphatic heterocycles. The lowest BCUT2D eigenvalue weighted by molar-refractivity contribution is -0.109. The zero-order chi connectivity index (χ0) is 15.4. The Balaban J connectivity index is 2.12. The number of aromatic nitrogens is 2. The van der Waals surface area contributed by atoms with Crippen molar-refractivity contribution < 1.29 is 15.0 Å². The molecule has 2 unspecified atom stereocenters. The summed E-state index contributed by atoms with van der Waals surface area (Å²) in [6.07, 6.45) is 1.15. The van der Waals surface area contributed by atoms with Crippen LogP contribution in [0.1, 0.15) is 24.2 Å². The van der Waals surface area contributed by atoms with Gasteiger partial charge in [0.1, 0.15) is 6.10 Å². The van der Waals surface area contributed by atoms with E-state index in [1.54, 1.807) is 10.9 Å². The summed E-state index contributed by atoms with van der Waals surface area (Å²) < 4.78 is 1.67. The number of benzene rings is 1. The standard InChI is InChI=1S/C15H18N2O3S/c1-10-5-3-4-6-13(10)17-8-12(7-16-17)15(20)14(19)9-21-11(2)18/h3-8,14-15,19-20H,9H2,1-2H3. The summed E-state index contributed by atoms with van der Waals surface area (Å²) in [6.45, 7) is 3.41. The first-order valence-electron chi connectivity index (χ1n) is 6.59. The largest absolute Gasteiger partial charge is 0.389 e. The molecule has 0 saturated heterocycles. The van der Waals surface area contributed by atoms with Crippen molar-refractivity contribution in [2.45, 2.75) is 26.1 Å². The second-order valence-corrected chi connectivity index (χ2v) is 6.02. The van der Waals surface area contributed by atoms with Crippen molar-refractivity contribution in [2.24, 2.45) is 0 Å². The summed E-state index contributed by atoms with van der Waals surface area (Å²) in [6, 6.07) is 7.77. The Morgan fingerprint density at radius 2 is 2.10 bits per heavy atom. The van der Waals surface area contributed by atoms with Gasteiger partial charge in [-0.15, -0.1) is 0 Å².